The average molecular weight is 234 g/mol. The van der Waals surface area contributed by atoms with Crippen LogP contribution in [0.2, 0.25) is 0 Å². The van der Waals surface area contributed by atoms with Gasteiger partial charge in [-0.2, -0.15) is 35.3 Å². The van der Waals surface area contributed by atoms with Crippen molar-refractivity contribution in [1.82, 2.24) is 0 Å². The molecule has 2 aliphatic heterocycles. The third-order valence-corrected chi connectivity index (χ3v) is 7.41. The van der Waals surface area contributed by atoms with Crippen molar-refractivity contribution < 1.29 is 0 Å². The molecule has 0 amide bonds. The molecule has 0 aromatic heterocycles. The van der Waals surface area contributed by atoms with Crippen molar-refractivity contribution in [3.05, 3.63) is 0 Å². The van der Waals surface area contributed by atoms with Crippen LogP contribution >= 0.6 is 35.3 Å². The van der Waals surface area contributed by atoms with Gasteiger partial charge in [-0.15, -0.1) is 0 Å². The quantitative estimate of drug-likeness (QED) is 0.589. The van der Waals surface area contributed by atoms with E-state index in [1.165, 1.54) is 22.0 Å². The summed E-state index contributed by atoms with van der Waals surface area (Å²) in [6.07, 6.45) is 1.55. The van der Waals surface area contributed by atoms with E-state index < -0.39 is 0 Å². The van der Waals surface area contributed by atoms with Crippen LogP contribution in [0.4, 0.5) is 0 Å². The van der Waals surface area contributed by atoms with Crippen LogP contribution in [0, 0.1) is 0 Å². The maximum absolute atomic E-state index is 2.33. The van der Waals surface area contributed by atoms with Gasteiger partial charge < -0.3 is 0 Å². The molecule has 1 saturated carbocycles. The molecule has 2 saturated heterocycles. The molecule has 3 fully saturated rings. The molecule has 1 aliphatic carbocycles. The standard InChI is InChI=1S/C7H14S2.C3H4S/c1-6-4-9-7(2,3)5-8-6;1-2-3(1)4-2/h6H,4-5H2,1-3H3;2-3H,1H2. The number of thioether (sulfide) groups is 3. The van der Waals surface area contributed by atoms with E-state index in [1.807, 2.05) is 0 Å². The fraction of sp³-hybridized carbons (Fsp3) is 1.00. The highest BCUT2D eigenvalue weighted by Crippen LogP contribution is 2.62. The molecule has 0 bridgehead atoms. The topological polar surface area (TPSA) is 0 Å². The van der Waals surface area contributed by atoms with E-state index in [0.717, 1.165) is 5.25 Å². The number of rotatable bonds is 0. The van der Waals surface area contributed by atoms with E-state index in [4.69, 9.17) is 0 Å². The van der Waals surface area contributed by atoms with Crippen LogP contribution in [0.25, 0.3) is 0 Å². The summed E-state index contributed by atoms with van der Waals surface area (Å²) in [4.78, 5) is 0. The lowest BCUT2D eigenvalue weighted by Gasteiger charge is -2.31. The zero-order valence-electron chi connectivity index (χ0n) is 8.58. The maximum Gasteiger partial charge on any atom is 0.0194 e. The third-order valence-electron chi connectivity index (χ3n) is 2.37. The van der Waals surface area contributed by atoms with Crippen LogP contribution < -0.4 is 0 Å². The van der Waals surface area contributed by atoms with Crippen LogP contribution in [0.1, 0.15) is 27.2 Å². The Morgan fingerprint density at radius 2 is 1.77 bits per heavy atom. The zero-order chi connectivity index (χ0) is 9.47. The highest BCUT2D eigenvalue weighted by Gasteiger charge is 2.54. The predicted octanol–water partition coefficient (Wildman–Crippen LogP) is 3.51. The van der Waals surface area contributed by atoms with E-state index in [1.54, 1.807) is 6.42 Å². The minimum atomic E-state index is 0.539. The van der Waals surface area contributed by atoms with Crippen molar-refractivity contribution in [2.45, 2.75) is 47.7 Å². The summed E-state index contributed by atoms with van der Waals surface area (Å²) in [6, 6.07) is 0. The van der Waals surface area contributed by atoms with Crippen LogP contribution in [0.15, 0.2) is 0 Å². The molecule has 3 atom stereocenters. The van der Waals surface area contributed by atoms with E-state index in [2.05, 4.69) is 56.1 Å². The Balaban J connectivity index is 0.000000131. The number of hydrogen-bond donors (Lipinski definition) is 0. The summed E-state index contributed by atoms with van der Waals surface area (Å²) in [6.45, 7) is 6.97. The van der Waals surface area contributed by atoms with E-state index in [-0.39, 0.29) is 0 Å². The smallest absolute Gasteiger partial charge is 0.0194 e. The number of hydrogen-bond acceptors (Lipinski definition) is 3. The summed E-state index contributed by atoms with van der Waals surface area (Å²) < 4.78 is 0.539. The minimum absolute atomic E-state index is 0.539. The lowest BCUT2D eigenvalue weighted by molar-refractivity contribution is 0.802. The lowest BCUT2D eigenvalue weighted by Crippen LogP contribution is -2.27. The predicted molar refractivity (Wildman–Crippen MR) is 68.2 cm³/mol. The van der Waals surface area contributed by atoms with Crippen molar-refractivity contribution in [2.24, 2.45) is 0 Å². The van der Waals surface area contributed by atoms with Gasteiger partial charge in [-0.25, -0.2) is 0 Å². The van der Waals surface area contributed by atoms with Crippen molar-refractivity contribution in [1.29, 1.82) is 0 Å². The van der Waals surface area contributed by atoms with E-state index in [0.29, 0.717) is 4.75 Å². The Labute approximate surface area is 94.4 Å². The maximum atomic E-state index is 2.33. The summed E-state index contributed by atoms with van der Waals surface area (Å²) in [5.41, 5.74) is 0. The molecule has 2 heterocycles. The first-order valence-corrected chi connectivity index (χ1v) is 7.95. The fourth-order valence-corrected chi connectivity index (χ4v) is 4.23. The molecular weight excluding hydrogens is 216 g/mol. The normalized spacial score (nSPS) is 44.1. The van der Waals surface area contributed by atoms with Crippen LogP contribution in [0.3, 0.4) is 0 Å². The van der Waals surface area contributed by atoms with Gasteiger partial charge in [0.1, 0.15) is 0 Å². The molecule has 13 heavy (non-hydrogen) atoms. The molecule has 0 spiro atoms. The van der Waals surface area contributed by atoms with Crippen molar-refractivity contribution in [3.63, 3.8) is 0 Å². The van der Waals surface area contributed by atoms with Gasteiger partial charge in [0.2, 0.25) is 0 Å². The van der Waals surface area contributed by atoms with Crippen LogP contribution in [0.5, 0.6) is 0 Å². The molecule has 0 aromatic rings. The Morgan fingerprint density at radius 3 is 2.00 bits per heavy atom. The molecule has 0 nitrogen and oxygen atoms in total. The average Bonchev–Trinajstić information content (AvgIpc) is 2.82. The van der Waals surface area contributed by atoms with Gasteiger partial charge in [0.05, 0.1) is 0 Å². The summed E-state index contributed by atoms with van der Waals surface area (Å²) in [7, 11) is 0. The van der Waals surface area contributed by atoms with Crippen LogP contribution in [-0.4, -0.2) is 32.0 Å². The van der Waals surface area contributed by atoms with Crippen LogP contribution in [-0.2, 0) is 0 Å². The van der Waals surface area contributed by atoms with Gasteiger partial charge in [0, 0.05) is 32.0 Å². The summed E-state index contributed by atoms with van der Waals surface area (Å²) in [5, 5.41) is 3.21. The Hall–Kier alpha value is 1.05. The zero-order valence-corrected chi connectivity index (χ0v) is 11.0. The largest absolute Gasteiger partial charge is 0.157 e. The number of fused-ring (bicyclic) bond motifs is 1. The van der Waals surface area contributed by atoms with Crippen molar-refractivity contribution in [3.8, 4) is 0 Å². The van der Waals surface area contributed by atoms with Gasteiger partial charge in [-0.1, -0.05) is 6.92 Å². The van der Waals surface area contributed by atoms with Gasteiger partial charge >= 0.3 is 0 Å². The first-order chi connectivity index (χ1) is 6.07. The SMILES string of the molecule is C1C2SC12.CC1CSC(C)(C)CS1. The summed E-state index contributed by atoms with van der Waals surface area (Å²) >= 11 is 6.33. The highest BCUT2D eigenvalue weighted by atomic mass is 32.2. The van der Waals surface area contributed by atoms with Crippen molar-refractivity contribution >= 4 is 35.3 Å². The molecule has 0 radical (unpaired) electrons. The Morgan fingerprint density at radius 1 is 1.23 bits per heavy atom. The Bertz CT molecular complexity index is 169. The first kappa shape index (κ1) is 10.6. The van der Waals surface area contributed by atoms with E-state index in [9.17, 15) is 0 Å². The van der Waals surface area contributed by atoms with E-state index >= 15 is 0 Å². The molecule has 0 aromatic carbocycles. The minimum Gasteiger partial charge on any atom is -0.157 e. The first-order valence-electron chi connectivity index (χ1n) is 4.98. The lowest BCUT2D eigenvalue weighted by atomic mass is 10.2. The molecular formula is C10H18S3. The molecule has 76 valence electrons. The molecule has 3 heteroatoms. The second-order valence-corrected chi connectivity index (χ2v) is 9.28. The second-order valence-electron chi connectivity index (χ2n) is 4.64. The van der Waals surface area contributed by atoms with Crippen molar-refractivity contribution in [2.75, 3.05) is 11.5 Å². The molecule has 3 rings (SSSR count). The molecule has 3 aliphatic rings. The molecule has 0 N–H and O–H groups in total. The fourth-order valence-electron chi connectivity index (χ4n) is 1.09. The Kier molecular flexibility index (Phi) is 3.17. The summed E-state index contributed by atoms with van der Waals surface area (Å²) in [5.74, 6) is 2.65. The molecule has 3 unspecified atom stereocenters. The second kappa shape index (κ2) is 3.90. The van der Waals surface area contributed by atoms with Gasteiger partial charge in [-0.05, 0) is 20.3 Å². The van der Waals surface area contributed by atoms with Gasteiger partial charge in [-0.3, -0.25) is 0 Å². The highest BCUT2D eigenvalue weighted by molar-refractivity contribution is 8.09. The van der Waals surface area contributed by atoms with Gasteiger partial charge in [0.15, 0.2) is 0 Å². The third kappa shape index (κ3) is 3.60. The monoisotopic (exact) mass is 234 g/mol. The van der Waals surface area contributed by atoms with Gasteiger partial charge in [0.25, 0.3) is 0 Å².